The van der Waals surface area contributed by atoms with E-state index in [4.69, 9.17) is 5.26 Å². The van der Waals surface area contributed by atoms with E-state index < -0.39 is 0 Å². The molecule has 0 aromatic carbocycles. The fraction of sp³-hybridized carbons (Fsp3) is 0.750. The van der Waals surface area contributed by atoms with Gasteiger partial charge in [0.2, 0.25) is 5.91 Å². The Morgan fingerprint density at radius 3 is 2.92 bits per heavy atom. The van der Waals surface area contributed by atoms with Gasteiger partial charge in [0.15, 0.2) is 0 Å². The number of rotatable bonds is 6. The van der Waals surface area contributed by atoms with Gasteiger partial charge < -0.3 is 5.32 Å². The maximum atomic E-state index is 10.7. The fourth-order valence-electron chi connectivity index (χ4n) is 0.734. The quantitative estimate of drug-likeness (QED) is 0.633. The lowest BCUT2D eigenvalue weighted by molar-refractivity contribution is -0.120. The van der Waals surface area contributed by atoms with Crippen LogP contribution in [-0.4, -0.2) is 24.5 Å². The molecule has 0 spiro atoms. The zero-order chi connectivity index (χ0) is 9.23. The predicted molar refractivity (Wildman–Crippen MR) is 50.9 cm³/mol. The highest BCUT2D eigenvalue weighted by molar-refractivity contribution is 7.98. The number of thioether (sulfide) groups is 1. The lowest BCUT2D eigenvalue weighted by Gasteiger charge is -2.00. The number of nitrogens with one attached hydrogen (secondary N) is 1. The number of hydrogen-bond acceptors (Lipinski definition) is 3. The first-order valence-electron chi connectivity index (χ1n) is 3.94. The van der Waals surface area contributed by atoms with E-state index in [9.17, 15) is 4.79 Å². The zero-order valence-electron chi connectivity index (χ0n) is 7.30. The van der Waals surface area contributed by atoms with E-state index >= 15 is 0 Å². The van der Waals surface area contributed by atoms with E-state index in [0.717, 1.165) is 18.6 Å². The van der Waals surface area contributed by atoms with Gasteiger partial charge in [-0.3, -0.25) is 4.79 Å². The second-order valence-corrected chi connectivity index (χ2v) is 3.37. The molecule has 0 heterocycles. The predicted octanol–water partition coefficient (Wildman–Crippen LogP) is 1.16. The van der Waals surface area contributed by atoms with Crippen molar-refractivity contribution in [2.24, 2.45) is 0 Å². The third-order valence-electron chi connectivity index (χ3n) is 1.34. The zero-order valence-corrected chi connectivity index (χ0v) is 8.12. The Morgan fingerprint density at radius 1 is 1.58 bits per heavy atom. The van der Waals surface area contributed by atoms with Gasteiger partial charge in [-0.1, -0.05) is 0 Å². The van der Waals surface area contributed by atoms with Crippen LogP contribution in [0.1, 0.15) is 19.3 Å². The van der Waals surface area contributed by atoms with Crippen LogP contribution in [0.25, 0.3) is 0 Å². The first-order chi connectivity index (χ1) is 5.81. The van der Waals surface area contributed by atoms with Gasteiger partial charge in [0.25, 0.3) is 0 Å². The minimum absolute atomic E-state index is 0.0253. The van der Waals surface area contributed by atoms with Crippen molar-refractivity contribution in [2.75, 3.05) is 18.6 Å². The van der Waals surface area contributed by atoms with Crippen molar-refractivity contribution >= 4 is 17.7 Å². The molecule has 68 valence electrons. The van der Waals surface area contributed by atoms with Gasteiger partial charge >= 0.3 is 0 Å². The van der Waals surface area contributed by atoms with E-state index in [2.05, 4.69) is 11.6 Å². The summed E-state index contributed by atoms with van der Waals surface area (Å²) in [7, 11) is 0. The van der Waals surface area contributed by atoms with Gasteiger partial charge in [-0.15, -0.1) is 0 Å². The van der Waals surface area contributed by atoms with Crippen LogP contribution in [0.3, 0.4) is 0 Å². The van der Waals surface area contributed by atoms with Crippen molar-refractivity contribution in [3.05, 3.63) is 0 Å². The maximum absolute atomic E-state index is 10.7. The third kappa shape index (κ3) is 7.42. The SMILES string of the molecule is CSCCCCNC(=O)CC#N. The highest BCUT2D eigenvalue weighted by Gasteiger charge is 1.96. The minimum atomic E-state index is -0.165. The van der Waals surface area contributed by atoms with E-state index in [0.29, 0.717) is 6.54 Å². The first kappa shape index (κ1) is 11.3. The summed E-state index contributed by atoms with van der Waals surface area (Å²) in [6.45, 7) is 0.696. The number of carbonyl (C=O) groups is 1. The van der Waals surface area contributed by atoms with E-state index in [1.54, 1.807) is 17.8 Å². The number of nitriles is 1. The Kier molecular flexibility index (Phi) is 7.92. The highest BCUT2D eigenvalue weighted by atomic mass is 32.2. The molecule has 0 atom stereocenters. The summed E-state index contributed by atoms with van der Waals surface area (Å²) in [6, 6.07) is 1.80. The Labute approximate surface area is 77.5 Å². The van der Waals surface area contributed by atoms with Crippen LogP contribution in [0.4, 0.5) is 0 Å². The molecule has 0 aliphatic heterocycles. The average molecular weight is 186 g/mol. The average Bonchev–Trinajstić information content (AvgIpc) is 2.05. The van der Waals surface area contributed by atoms with E-state index in [-0.39, 0.29) is 12.3 Å². The number of nitrogens with zero attached hydrogens (tertiary/aromatic N) is 1. The van der Waals surface area contributed by atoms with Crippen LogP contribution in [0, 0.1) is 11.3 Å². The molecule has 3 nitrogen and oxygen atoms in total. The van der Waals surface area contributed by atoms with E-state index in [1.807, 2.05) is 0 Å². The molecule has 0 aromatic rings. The molecule has 1 amide bonds. The van der Waals surface area contributed by atoms with Crippen molar-refractivity contribution in [1.29, 1.82) is 5.26 Å². The van der Waals surface area contributed by atoms with Gasteiger partial charge in [-0.05, 0) is 24.9 Å². The van der Waals surface area contributed by atoms with Crippen molar-refractivity contribution in [2.45, 2.75) is 19.3 Å². The summed E-state index contributed by atoms with van der Waals surface area (Å²) in [4.78, 5) is 10.7. The summed E-state index contributed by atoms with van der Waals surface area (Å²) >= 11 is 1.81. The van der Waals surface area contributed by atoms with E-state index in [1.165, 1.54) is 0 Å². The van der Waals surface area contributed by atoms with Gasteiger partial charge in [-0.2, -0.15) is 17.0 Å². The summed E-state index contributed by atoms with van der Waals surface area (Å²) in [5, 5.41) is 10.8. The Balaban J connectivity index is 3.10. The minimum Gasteiger partial charge on any atom is -0.355 e. The molecule has 0 bridgehead atoms. The van der Waals surface area contributed by atoms with Crippen LogP contribution in [-0.2, 0) is 4.79 Å². The van der Waals surface area contributed by atoms with Gasteiger partial charge in [0.05, 0.1) is 6.07 Å². The second-order valence-electron chi connectivity index (χ2n) is 2.38. The molecule has 0 saturated carbocycles. The van der Waals surface area contributed by atoms with Crippen molar-refractivity contribution in [1.82, 2.24) is 5.32 Å². The molecule has 0 aliphatic rings. The van der Waals surface area contributed by atoms with Crippen molar-refractivity contribution in [3.8, 4) is 6.07 Å². The summed E-state index contributed by atoms with van der Waals surface area (Å²) in [6.07, 6.45) is 4.16. The molecule has 0 rings (SSSR count). The van der Waals surface area contributed by atoms with Gasteiger partial charge in [0, 0.05) is 6.54 Å². The molecule has 0 aliphatic carbocycles. The summed E-state index contributed by atoms with van der Waals surface area (Å²) < 4.78 is 0. The van der Waals surface area contributed by atoms with Crippen LogP contribution >= 0.6 is 11.8 Å². The molecule has 12 heavy (non-hydrogen) atoms. The Bertz CT molecular complexity index is 165. The largest absolute Gasteiger partial charge is 0.355 e. The lowest BCUT2D eigenvalue weighted by Crippen LogP contribution is -2.23. The molecule has 0 fully saturated rings. The standard InChI is InChI=1S/C8H14N2OS/c1-12-7-3-2-6-10-8(11)4-5-9/h2-4,6-7H2,1H3,(H,10,11). The summed E-state index contributed by atoms with van der Waals surface area (Å²) in [5.41, 5.74) is 0. The van der Waals surface area contributed by atoms with Crippen LogP contribution in [0.5, 0.6) is 0 Å². The smallest absolute Gasteiger partial charge is 0.234 e. The van der Waals surface area contributed by atoms with Crippen LogP contribution < -0.4 is 5.32 Å². The van der Waals surface area contributed by atoms with Crippen molar-refractivity contribution in [3.63, 3.8) is 0 Å². The molecular weight excluding hydrogens is 172 g/mol. The molecule has 0 saturated heterocycles. The molecule has 4 heteroatoms. The van der Waals surface area contributed by atoms with Gasteiger partial charge in [0.1, 0.15) is 6.42 Å². The number of carbonyl (C=O) groups excluding carboxylic acids is 1. The Morgan fingerprint density at radius 2 is 2.33 bits per heavy atom. The monoisotopic (exact) mass is 186 g/mol. The number of hydrogen-bond donors (Lipinski definition) is 1. The Hall–Kier alpha value is -0.690. The highest BCUT2D eigenvalue weighted by Crippen LogP contribution is 1.97. The molecule has 0 radical (unpaired) electrons. The van der Waals surface area contributed by atoms with Gasteiger partial charge in [-0.25, -0.2) is 0 Å². The van der Waals surface area contributed by atoms with Crippen molar-refractivity contribution < 1.29 is 4.79 Å². The van der Waals surface area contributed by atoms with Crippen LogP contribution in [0.2, 0.25) is 0 Å². The second kappa shape index (κ2) is 8.41. The molecule has 1 N–H and O–H groups in total. The third-order valence-corrected chi connectivity index (χ3v) is 2.03. The lowest BCUT2D eigenvalue weighted by atomic mass is 10.3. The topological polar surface area (TPSA) is 52.9 Å². The first-order valence-corrected chi connectivity index (χ1v) is 5.33. The summed E-state index contributed by atoms with van der Waals surface area (Å²) in [5.74, 6) is 0.968. The maximum Gasteiger partial charge on any atom is 0.234 e. The normalized spacial score (nSPS) is 9.00. The molecule has 0 aromatic heterocycles. The fourth-order valence-corrected chi connectivity index (χ4v) is 1.23. The molecule has 0 unspecified atom stereocenters. The number of amides is 1. The molecular formula is C8H14N2OS. The van der Waals surface area contributed by atoms with Crippen LogP contribution in [0.15, 0.2) is 0 Å². The number of unbranched alkanes of at least 4 members (excludes halogenated alkanes) is 1.